The number of halogens is 1. The number of rotatable bonds is 9. The Morgan fingerprint density at radius 1 is 0.516 bits per heavy atom. The Morgan fingerprint density at radius 2 is 0.903 bits per heavy atom. The van der Waals surface area contributed by atoms with E-state index in [-0.39, 0.29) is 17.0 Å². The molecule has 4 rings (SSSR count). The fourth-order valence-electron chi connectivity index (χ4n) is 4.05. The molecular formula is C28H29BrOP+. The van der Waals surface area contributed by atoms with Gasteiger partial charge in [0, 0.05) is 6.42 Å². The second-order valence-corrected chi connectivity index (χ2v) is 11.0. The van der Waals surface area contributed by atoms with Crippen LogP contribution in [-0.4, -0.2) is 12.8 Å². The normalized spacial score (nSPS) is 11.0. The molecule has 0 saturated carbocycles. The van der Waals surface area contributed by atoms with Crippen molar-refractivity contribution in [2.75, 3.05) is 12.8 Å². The molecule has 0 N–H and O–H groups in total. The average molecular weight is 492 g/mol. The lowest BCUT2D eigenvalue weighted by atomic mass is 10.2. The Labute approximate surface area is 197 Å². The van der Waals surface area contributed by atoms with Gasteiger partial charge in [-0.05, 0) is 42.0 Å². The smallest absolute Gasteiger partial charge is 0.112 e. The number of hydrogen-bond donors (Lipinski definition) is 0. The van der Waals surface area contributed by atoms with E-state index in [0.29, 0.717) is 6.61 Å². The Balaban J connectivity index is 0.00000272. The summed E-state index contributed by atoms with van der Waals surface area (Å²) in [4.78, 5) is 0. The van der Waals surface area contributed by atoms with Crippen molar-refractivity contribution in [2.24, 2.45) is 0 Å². The maximum Gasteiger partial charge on any atom is 0.112 e. The third kappa shape index (κ3) is 5.71. The highest BCUT2D eigenvalue weighted by atomic mass is 79.9. The summed E-state index contributed by atoms with van der Waals surface area (Å²) in [5, 5.41) is 4.31. The van der Waals surface area contributed by atoms with Crippen LogP contribution in [0.25, 0.3) is 0 Å². The number of hydrogen-bond acceptors (Lipinski definition) is 1. The van der Waals surface area contributed by atoms with Crippen molar-refractivity contribution in [3.8, 4) is 0 Å². The molecular weight excluding hydrogens is 463 g/mol. The topological polar surface area (TPSA) is 9.23 Å². The van der Waals surface area contributed by atoms with Crippen molar-refractivity contribution in [3.63, 3.8) is 0 Å². The molecule has 0 aliphatic heterocycles. The highest BCUT2D eigenvalue weighted by Gasteiger charge is 2.44. The SMILES string of the molecule is Br.c1ccc(COCCC[P+](c2ccccc2)(c2ccccc2)c2ccccc2)cc1. The Morgan fingerprint density at radius 3 is 1.32 bits per heavy atom. The lowest BCUT2D eigenvalue weighted by Gasteiger charge is -2.27. The molecule has 4 aromatic rings. The summed E-state index contributed by atoms with van der Waals surface area (Å²) < 4.78 is 6.04. The molecule has 0 aliphatic carbocycles. The van der Waals surface area contributed by atoms with Gasteiger partial charge in [-0.2, -0.15) is 0 Å². The molecule has 0 spiro atoms. The zero-order chi connectivity index (χ0) is 20.5. The summed E-state index contributed by atoms with van der Waals surface area (Å²) in [6.07, 6.45) is 2.12. The first-order chi connectivity index (χ1) is 14.9. The van der Waals surface area contributed by atoms with Crippen LogP contribution in [0.15, 0.2) is 121 Å². The van der Waals surface area contributed by atoms with Crippen molar-refractivity contribution in [3.05, 3.63) is 127 Å². The van der Waals surface area contributed by atoms with E-state index in [4.69, 9.17) is 4.74 Å². The van der Waals surface area contributed by atoms with Crippen molar-refractivity contribution in [1.29, 1.82) is 0 Å². The lowest BCUT2D eigenvalue weighted by Crippen LogP contribution is -2.33. The first kappa shape index (κ1) is 23.4. The molecule has 31 heavy (non-hydrogen) atoms. The monoisotopic (exact) mass is 491 g/mol. The molecule has 4 aromatic carbocycles. The van der Waals surface area contributed by atoms with Gasteiger partial charge in [-0.1, -0.05) is 84.9 Å². The summed E-state index contributed by atoms with van der Waals surface area (Å²) in [7, 11) is -1.75. The molecule has 3 heteroatoms. The van der Waals surface area contributed by atoms with Crippen LogP contribution in [0.1, 0.15) is 12.0 Å². The molecule has 0 heterocycles. The summed E-state index contributed by atoms with van der Waals surface area (Å²) in [5.74, 6) is 0. The minimum atomic E-state index is -1.75. The van der Waals surface area contributed by atoms with Crippen molar-refractivity contribution in [2.45, 2.75) is 13.0 Å². The minimum absolute atomic E-state index is 0. The largest absolute Gasteiger partial charge is 0.377 e. The van der Waals surface area contributed by atoms with Crippen LogP contribution in [0.5, 0.6) is 0 Å². The predicted octanol–water partition coefficient (Wildman–Crippen LogP) is 6.17. The fourth-order valence-corrected chi connectivity index (χ4v) is 8.37. The van der Waals surface area contributed by atoms with Gasteiger partial charge in [-0.3, -0.25) is 0 Å². The summed E-state index contributed by atoms with van der Waals surface area (Å²) in [6, 6.07) is 43.6. The van der Waals surface area contributed by atoms with E-state index in [9.17, 15) is 0 Å². The van der Waals surface area contributed by atoms with E-state index in [1.54, 1.807) is 0 Å². The average Bonchev–Trinajstić information content (AvgIpc) is 2.84. The van der Waals surface area contributed by atoms with Crippen LogP contribution in [0.3, 0.4) is 0 Å². The molecule has 0 fully saturated rings. The Hall–Kier alpha value is -2.25. The van der Waals surface area contributed by atoms with Gasteiger partial charge in [0.1, 0.15) is 23.2 Å². The van der Waals surface area contributed by atoms with E-state index in [2.05, 4.69) is 115 Å². The van der Waals surface area contributed by atoms with Gasteiger partial charge < -0.3 is 4.74 Å². The molecule has 0 unspecified atom stereocenters. The molecule has 0 amide bonds. The Bertz CT molecular complexity index is 911. The molecule has 0 aliphatic rings. The van der Waals surface area contributed by atoms with Crippen LogP contribution in [0.4, 0.5) is 0 Å². The summed E-state index contributed by atoms with van der Waals surface area (Å²) in [6.45, 7) is 1.44. The highest BCUT2D eigenvalue weighted by Crippen LogP contribution is 2.55. The molecule has 0 atom stereocenters. The van der Waals surface area contributed by atoms with Gasteiger partial charge in [-0.15, -0.1) is 17.0 Å². The molecule has 1 nitrogen and oxygen atoms in total. The van der Waals surface area contributed by atoms with Crippen molar-refractivity contribution in [1.82, 2.24) is 0 Å². The number of benzene rings is 4. The Kier molecular flexibility index (Phi) is 9.03. The highest BCUT2D eigenvalue weighted by molar-refractivity contribution is 8.93. The second kappa shape index (κ2) is 12.0. The van der Waals surface area contributed by atoms with Crippen LogP contribution >= 0.6 is 24.2 Å². The first-order valence-corrected chi connectivity index (χ1v) is 12.5. The molecule has 0 saturated heterocycles. The standard InChI is InChI=1S/C28H28OP.BrH/c1-5-14-25(15-6-1)24-29-22-13-23-30(26-16-7-2-8-17-26,27-18-9-3-10-19-27)28-20-11-4-12-21-28;/h1-12,14-21H,13,22-24H2;1H/q+1;. The molecule has 0 aromatic heterocycles. The maximum atomic E-state index is 6.04. The quantitative estimate of drug-likeness (QED) is 0.201. The van der Waals surface area contributed by atoms with Gasteiger partial charge in [0.15, 0.2) is 0 Å². The van der Waals surface area contributed by atoms with Gasteiger partial charge in [0.2, 0.25) is 0 Å². The molecule has 158 valence electrons. The van der Waals surface area contributed by atoms with E-state index in [1.807, 2.05) is 6.07 Å². The maximum absolute atomic E-state index is 6.04. The minimum Gasteiger partial charge on any atom is -0.377 e. The molecule has 0 bridgehead atoms. The van der Waals surface area contributed by atoms with Crippen LogP contribution < -0.4 is 15.9 Å². The van der Waals surface area contributed by atoms with E-state index in [1.165, 1.54) is 21.5 Å². The fraction of sp³-hybridized carbons (Fsp3) is 0.143. The third-order valence-electron chi connectivity index (χ3n) is 5.48. The second-order valence-electron chi connectivity index (χ2n) is 7.43. The summed E-state index contributed by atoms with van der Waals surface area (Å²) in [5.41, 5.74) is 1.23. The van der Waals surface area contributed by atoms with Crippen molar-refractivity contribution >= 4 is 40.2 Å². The number of ether oxygens (including phenoxy) is 1. The zero-order valence-electron chi connectivity index (χ0n) is 17.6. The van der Waals surface area contributed by atoms with Crippen LogP contribution in [-0.2, 0) is 11.3 Å². The third-order valence-corrected chi connectivity index (χ3v) is 10.0. The van der Waals surface area contributed by atoms with Gasteiger partial charge in [0.05, 0.1) is 19.4 Å². The van der Waals surface area contributed by atoms with Gasteiger partial charge in [0.25, 0.3) is 0 Å². The van der Waals surface area contributed by atoms with E-state index >= 15 is 0 Å². The first-order valence-electron chi connectivity index (χ1n) is 10.6. The van der Waals surface area contributed by atoms with Crippen LogP contribution in [0.2, 0.25) is 0 Å². The van der Waals surface area contributed by atoms with Gasteiger partial charge >= 0.3 is 0 Å². The van der Waals surface area contributed by atoms with E-state index < -0.39 is 7.26 Å². The lowest BCUT2D eigenvalue weighted by molar-refractivity contribution is 0.122. The van der Waals surface area contributed by atoms with Crippen molar-refractivity contribution < 1.29 is 4.74 Å². The van der Waals surface area contributed by atoms with Gasteiger partial charge in [-0.25, -0.2) is 0 Å². The zero-order valence-corrected chi connectivity index (χ0v) is 20.2. The van der Waals surface area contributed by atoms with Crippen LogP contribution in [0, 0.1) is 0 Å². The summed E-state index contributed by atoms with van der Waals surface area (Å²) >= 11 is 0. The predicted molar refractivity (Wildman–Crippen MR) is 141 cm³/mol. The van der Waals surface area contributed by atoms with E-state index in [0.717, 1.165) is 19.2 Å². The molecule has 0 radical (unpaired) electrons.